The van der Waals surface area contributed by atoms with Crippen molar-refractivity contribution in [1.82, 2.24) is 5.32 Å². The molecule has 1 saturated heterocycles. The third-order valence-electron chi connectivity index (χ3n) is 5.53. The predicted molar refractivity (Wildman–Crippen MR) is 78.5 cm³/mol. The third-order valence-corrected chi connectivity index (χ3v) is 6.53. The number of fused-ring (bicyclic) bond motifs is 2. The fourth-order valence-electron chi connectivity index (χ4n) is 4.54. The van der Waals surface area contributed by atoms with E-state index in [4.69, 9.17) is 4.74 Å². The van der Waals surface area contributed by atoms with Crippen molar-refractivity contribution in [3.8, 4) is 0 Å². The zero-order valence-corrected chi connectivity index (χ0v) is 12.6. The lowest BCUT2D eigenvalue weighted by Crippen LogP contribution is -2.66. The molecule has 3 aliphatic rings. The predicted octanol–water partition coefficient (Wildman–Crippen LogP) is 3.53. The lowest BCUT2D eigenvalue weighted by atomic mass is 9.57. The molecule has 1 saturated carbocycles. The fourth-order valence-corrected chi connectivity index (χ4v) is 5.53. The van der Waals surface area contributed by atoms with Gasteiger partial charge in [-0.3, -0.25) is 0 Å². The standard InChI is InChI=1S/C16H23NOS/c1-16(2)14(11-6-8-18-15(11)16)17-12-4-3-5-13-10(12)7-9-19-13/h7,9,11-12,14-15,17H,3-6,8H2,1-2H3. The summed E-state index contributed by atoms with van der Waals surface area (Å²) in [6.45, 7) is 5.70. The summed E-state index contributed by atoms with van der Waals surface area (Å²) < 4.78 is 5.90. The van der Waals surface area contributed by atoms with Crippen LogP contribution in [0.15, 0.2) is 11.4 Å². The molecule has 1 N–H and O–H groups in total. The molecule has 0 bridgehead atoms. The van der Waals surface area contributed by atoms with Crippen LogP contribution in [-0.4, -0.2) is 18.8 Å². The maximum Gasteiger partial charge on any atom is 0.0685 e. The van der Waals surface area contributed by atoms with E-state index in [1.165, 1.54) is 25.7 Å². The van der Waals surface area contributed by atoms with Crippen LogP contribution in [-0.2, 0) is 11.2 Å². The van der Waals surface area contributed by atoms with Gasteiger partial charge in [-0.25, -0.2) is 0 Å². The van der Waals surface area contributed by atoms with Gasteiger partial charge in [0.25, 0.3) is 0 Å². The molecule has 0 amide bonds. The lowest BCUT2D eigenvalue weighted by Gasteiger charge is -2.56. The number of rotatable bonds is 2. The summed E-state index contributed by atoms with van der Waals surface area (Å²) in [5, 5.41) is 6.25. The minimum Gasteiger partial charge on any atom is -0.377 e. The van der Waals surface area contributed by atoms with Crippen molar-refractivity contribution in [1.29, 1.82) is 0 Å². The number of thiophene rings is 1. The van der Waals surface area contributed by atoms with E-state index in [2.05, 4.69) is 30.6 Å². The topological polar surface area (TPSA) is 21.3 Å². The molecule has 1 aromatic rings. The van der Waals surface area contributed by atoms with E-state index in [0.29, 0.717) is 23.6 Å². The Balaban J connectivity index is 1.54. The number of ether oxygens (including phenoxy) is 1. The van der Waals surface area contributed by atoms with Gasteiger partial charge in [0.2, 0.25) is 0 Å². The highest BCUT2D eigenvalue weighted by molar-refractivity contribution is 7.10. The summed E-state index contributed by atoms with van der Waals surface area (Å²) in [4.78, 5) is 1.61. The van der Waals surface area contributed by atoms with Crippen LogP contribution in [0, 0.1) is 11.3 Å². The van der Waals surface area contributed by atoms with E-state index in [1.54, 1.807) is 10.4 Å². The largest absolute Gasteiger partial charge is 0.377 e. The van der Waals surface area contributed by atoms with Crippen LogP contribution < -0.4 is 5.32 Å². The zero-order chi connectivity index (χ0) is 13.0. The number of hydrogen-bond donors (Lipinski definition) is 1. The van der Waals surface area contributed by atoms with Crippen LogP contribution in [0.1, 0.15) is 49.6 Å². The highest BCUT2D eigenvalue weighted by atomic mass is 32.1. The molecular formula is C16H23NOS. The average molecular weight is 277 g/mol. The highest BCUT2D eigenvalue weighted by Crippen LogP contribution is 2.53. The quantitative estimate of drug-likeness (QED) is 0.893. The second kappa shape index (κ2) is 4.31. The van der Waals surface area contributed by atoms with Gasteiger partial charge in [0.05, 0.1) is 6.10 Å². The number of hydrogen-bond acceptors (Lipinski definition) is 3. The van der Waals surface area contributed by atoms with Gasteiger partial charge < -0.3 is 10.1 Å². The normalized spacial score (nSPS) is 39.5. The molecule has 2 nitrogen and oxygen atoms in total. The van der Waals surface area contributed by atoms with Crippen LogP contribution in [0.2, 0.25) is 0 Å². The van der Waals surface area contributed by atoms with Crippen molar-refractivity contribution >= 4 is 11.3 Å². The number of aryl methyl sites for hydroxylation is 1. The van der Waals surface area contributed by atoms with Crippen molar-refractivity contribution in [3.63, 3.8) is 0 Å². The Bertz CT molecular complexity index is 481. The second-order valence-electron chi connectivity index (χ2n) is 6.95. The Morgan fingerprint density at radius 3 is 3.16 bits per heavy atom. The maximum atomic E-state index is 5.90. The molecule has 1 aromatic heterocycles. The molecule has 2 aliphatic carbocycles. The Hall–Kier alpha value is -0.380. The Morgan fingerprint density at radius 1 is 1.37 bits per heavy atom. The molecule has 3 heteroatoms. The van der Waals surface area contributed by atoms with Crippen molar-refractivity contribution < 1.29 is 4.74 Å². The van der Waals surface area contributed by atoms with E-state index in [-0.39, 0.29) is 0 Å². The van der Waals surface area contributed by atoms with Gasteiger partial charge in [-0.15, -0.1) is 11.3 Å². The first-order valence-electron chi connectivity index (χ1n) is 7.62. The van der Waals surface area contributed by atoms with E-state index < -0.39 is 0 Å². The smallest absolute Gasteiger partial charge is 0.0685 e. The number of nitrogens with one attached hydrogen (secondary N) is 1. The first-order chi connectivity index (χ1) is 9.18. The second-order valence-corrected chi connectivity index (χ2v) is 7.95. The lowest BCUT2D eigenvalue weighted by molar-refractivity contribution is -0.116. The van der Waals surface area contributed by atoms with Gasteiger partial charge in [-0.1, -0.05) is 13.8 Å². The molecule has 104 valence electrons. The zero-order valence-electron chi connectivity index (χ0n) is 11.8. The molecule has 2 heterocycles. The fraction of sp³-hybridized carbons (Fsp3) is 0.750. The van der Waals surface area contributed by atoms with Gasteiger partial charge in [-0.2, -0.15) is 0 Å². The minimum absolute atomic E-state index is 0.300. The third kappa shape index (κ3) is 1.75. The van der Waals surface area contributed by atoms with E-state index in [1.807, 2.05) is 11.3 Å². The molecule has 19 heavy (non-hydrogen) atoms. The van der Waals surface area contributed by atoms with Crippen LogP contribution in [0.4, 0.5) is 0 Å². The highest BCUT2D eigenvalue weighted by Gasteiger charge is 2.59. The SMILES string of the molecule is CC1(C)C(NC2CCCc3sccc32)C2CCOC21. The Morgan fingerprint density at radius 2 is 2.26 bits per heavy atom. The Kier molecular flexibility index (Phi) is 2.80. The molecular weight excluding hydrogens is 254 g/mol. The summed E-state index contributed by atoms with van der Waals surface area (Å²) in [5.41, 5.74) is 1.88. The van der Waals surface area contributed by atoms with Gasteiger partial charge in [0, 0.05) is 34.9 Å². The van der Waals surface area contributed by atoms with Crippen molar-refractivity contribution in [2.24, 2.45) is 11.3 Å². The van der Waals surface area contributed by atoms with E-state index in [9.17, 15) is 0 Å². The van der Waals surface area contributed by atoms with Crippen LogP contribution in [0.5, 0.6) is 0 Å². The molecule has 0 aromatic carbocycles. The van der Waals surface area contributed by atoms with Crippen LogP contribution >= 0.6 is 11.3 Å². The van der Waals surface area contributed by atoms with E-state index in [0.717, 1.165) is 12.5 Å². The summed E-state index contributed by atoms with van der Waals surface area (Å²) in [6, 6.07) is 3.56. The first-order valence-corrected chi connectivity index (χ1v) is 8.50. The van der Waals surface area contributed by atoms with Gasteiger partial charge in [0.1, 0.15) is 0 Å². The summed E-state index contributed by atoms with van der Waals surface area (Å²) in [6.07, 6.45) is 5.66. The first kappa shape index (κ1) is 12.4. The molecule has 4 rings (SSSR count). The summed E-state index contributed by atoms with van der Waals surface area (Å²) in [5.74, 6) is 0.749. The molecule has 0 spiro atoms. The summed E-state index contributed by atoms with van der Waals surface area (Å²) >= 11 is 1.94. The van der Waals surface area contributed by atoms with Gasteiger partial charge >= 0.3 is 0 Å². The van der Waals surface area contributed by atoms with Crippen molar-refractivity contribution in [2.75, 3.05) is 6.61 Å². The minimum atomic E-state index is 0.300. The molecule has 1 aliphatic heterocycles. The molecule has 0 radical (unpaired) electrons. The maximum absolute atomic E-state index is 5.90. The van der Waals surface area contributed by atoms with Gasteiger partial charge in [0.15, 0.2) is 0 Å². The van der Waals surface area contributed by atoms with Crippen molar-refractivity contribution in [3.05, 3.63) is 21.9 Å². The molecule has 2 fully saturated rings. The van der Waals surface area contributed by atoms with Crippen LogP contribution in [0.25, 0.3) is 0 Å². The van der Waals surface area contributed by atoms with Gasteiger partial charge in [-0.05, 0) is 42.7 Å². The van der Waals surface area contributed by atoms with E-state index >= 15 is 0 Å². The average Bonchev–Trinajstić information content (AvgIpc) is 3.03. The summed E-state index contributed by atoms with van der Waals surface area (Å²) in [7, 11) is 0. The van der Waals surface area contributed by atoms with Crippen molar-refractivity contribution in [2.45, 2.75) is 57.7 Å². The van der Waals surface area contributed by atoms with Crippen LogP contribution in [0.3, 0.4) is 0 Å². The monoisotopic (exact) mass is 277 g/mol. The molecule has 4 atom stereocenters. The Labute approximate surface area is 119 Å². The molecule has 4 unspecified atom stereocenters.